The van der Waals surface area contributed by atoms with Gasteiger partial charge in [0.2, 0.25) is 0 Å². The van der Waals surface area contributed by atoms with Crippen LogP contribution in [0.15, 0.2) is 22.7 Å². The highest BCUT2D eigenvalue weighted by molar-refractivity contribution is 9.10. The Balaban J connectivity index is 2.83. The molecule has 0 saturated carbocycles. The summed E-state index contributed by atoms with van der Waals surface area (Å²) in [5, 5.41) is 0. The second-order valence-corrected chi connectivity index (χ2v) is 3.13. The highest BCUT2D eigenvalue weighted by atomic mass is 79.9. The molecule has 0 saturated heterocycles. The lowest BCUT2D eigenvalue weighted by Gasteiger charge is -2.06. The van der Waals surface area contributed by atoms with Crippen LogP contribution in [-0.4, -0.2) is 20.0 Å². The molecule has 0 aliphatic rings. The summed E-state index contributed by atoms with van der Waals surface area (Å²) in [6.07, 6.45) is 0.700. The molecular formula is C9H9BrO3. The third-order valence-electron chi connectivity index (χ3n) is 1.45. The lowest BCUT2D eigenvalue weighted by molar-refractivity contribution is -0.109. The molecule has 0 unspecified atom stereocenters. The molecule has 1 aromatic carbocycles. The van der Waals surface area contributed by atoms with Gasteiger partial charge in [-0.15, -0.1) is 0 Å². The lowest BCUT2D eigenvalue weighted by Crippen LogP contribution is -1.98. The van der Waals surface area contributed by atoms with Gasteiger partial charge in [-0.05, 0) is 28.1 Å². The number of hydrogen-bond donors (Lipinski definition) is 0. The predicted octanol–water partition coefficient (Wildman–Crippen LogP) is 2.04. The number of rotatable bonds is 4. The number of carbonyl (C=O) groups excluding carboxylic acids is 1. The van der Waals surface area contributed by atoms with Crippen LogP contribution in [0.25, 0.3) is 0 Å². The molecular weight excluding hydrogens is 236 g/mol. The topological polar surface area (TPSA) is 35.5 Å². The molecule has 0 fully saturated rings. The van der Waals surface area contributed by atoms with Crippen molar-refractivity contribution in [3.63, 3.8) is 0 Å². The van der Waals surface area contributed by atoms with Crippen LogP contribution in [0.3, 0.4) is 0 Å². The van der Waals surface area contributed by atoms with Gasteiger partial charge >= 0.3 is 0 Å². The molecule has 70 valence electrons. The molecule has 0 aliphatic heterocycles. The van der Waals surface area contributed by atoms with Crippen LogP contribution < -0.4 is 9.47 Å². The zero-order chi connectivity index (χ0) is 9.68. The van der Waals surface area contributed by atoms with E-state index in [1.54, 1.807) is 25.3 Å². The second kappa shape index (κ2) is 4.87. The van der Waals surface area contributed by atoms with Crippen molar-refractivity contribution in [1.82, 2.24) is 0 Å². The summed E-state index contributed by atoms with van der Waals surface area (Å²) in [6.45, 7) is 0.0474. The van der Waals surface area contributed by atoms with Gasteiger partial charge in [0.25, 0.3) is 0 Å². The molecule has 4 heteroatoms. The number of hydrogen-bond acceptors (Lipinski definition) is 3. The molecule has 0 bridgehead atoms. The number of ether oxygens (including phenoxy) is 2. The van der Waals surface area contributed by atoms with Gasteiger partial charge in [-0.25, -0.2) is 0 Å². The van der Waals surface area contributed by atoms with E-state index in [0.29, 0.717) is 17.8 Å². The normalized spacial score (nSPS) is 9.38. The molecule has 1 aromatic rings. The van der Waals surface area contributed by atoms with Crippen LogP contribution in [0.1, 0.15) is 0 Å². The van der Waals surface area contributed by atoms with E-state index >= 15 is 0 Å². The lowest BCUT2D eigenvalue weighted by atomic mass is 10.3. The maximum Gasteiger partial charge on any atom is 0.157 e. The maximum absolute atomic E-state index is 10.1. The van der Waals surface area contributed by atoms with Gasteiger partial charge < -0.3 is 9.47 Å². The van der Waals surface area contributed by atoms with E-state index in [1.807, 2.05) is 0 Å². The minimum absolute atomic E-state index is 0.0474. The van der Waals surface area contributed by atoms with Crippen LogP contribution in [-0.2, 0) is 4.79 Å². The summed E-state index contributed by atoms with van der Waals surface area (Å²) >= 11 is 3.29. The first kappa shape index (κ1) is 10.1. The van der Waals surface area contributed by atoms with Crippen LogP contribution >= 0.6 is 15.9 Å². The van der Waals surface area contributed by atoms with Gasteiger partial charge in [0.15, 0.2) is 6.29 Å². The van der Waals surface area contributed by atoms with Gasteiger partial charge in [-0.3, -0.25) is 4.79 Å². The predicted molar refractivity (Wildman–Crippen MR) is 52.3 cm³/mol. The zero-order valence-corrected chi connectivity index (χ0v) is 8.71. The summed E-state index contributed by atoms with van der Waals surface area (Å²) in [5.41, 5.74) is 0. The molecule has 0 heterocycles. The monoisotopic (exact) mass is 244 g/mol. The van der Waals surface area contributed by atoms with Gasteiger partial charge in [-0.2, -0.15) is 0 Å². The molecule has 1 rings (SSSR count). The highest BCUT2D eigenvalue weighted by Gasteiger charge is 2.02. The van der Waals surface area contributed by atoms with Crippen LogP contribution in [0.2, 0.25) is 0 Å². The van der Waals surface area contributed by atoms with E-state index in [9.17, 15) is 4.79 Å². The summed E-state index contributed by atoms with van der Waals surface area (Å²) in [7, 11) is 1.58. The van der Waals surface area contributed by atoms with E-state index in [-0.39, 0.29) is 6.61 Å². The first-order valence-electron chi connectivity index (χ1n) is 3.68. The summed E-state index contributed by atoms with van der Waals surface area (Å²) in [4.78, 5) is 10.1. The molecule has 13 heavy (non-hydrogen) atoms. The van der Waals surface area contributed by atoms with Crippen molar-refractivity contribution < 1.29 is 14.3 Å². The molecule has 0 radical (unpaired) electrons. The number of carbonyl (C=O) groups is 1. The smallest absolute Gasteiger partial charge is 0.157 e. The largest absolute Gasteiger partial charge is 0.497 e. The molecule has 0 aliphatic carbocycles. The molecule has 3 nitrogen and oxygen atoms in total. The number of methoxy groups -OCH3 is 1. The Labute approximate surface area is 84.8 Å². The van der Waals surface area contributed by atoms with Crippen molar-refractivity contribution in [2.24, 2.45) is 0 Å². The average molecular weight is 245 g/mol. The fourth-order valence-corrected chi connectivity index (χ4v) is 1.21. The van der Waals surface area contributed by atoms with Gasteiger partial charge in [0.05, 0.1) is 11.6 Å². The van der Waals surface area contributed by atoms with Crippen molar-refractivity contribution >= 4 is 22.2 Å². The van der Waals surface area contributed by atoms with Gasteiger partial charge in [0.1, 0.15) is 18.1 Å². The first-order valence-corrected chi connectivity index (χ1v) is 4.47. The first-order chi connectivity index (χ1) is 6.27. The van der Waals surface area contributed by atoms with Crippen LogP contribution in [0.4, 0.5) is 0 Å². The Hall–Kier alpha value is -1.03. The summed E-state index contributed by atoms with van der Waals surface area (Å²) in [6, 6.07) is 5.32. The molecule has 0 atom stereocenters. The Morgan fingerprint density at radius 1 is 1.54 bits per heavy atom. The quantitative estimate of drug-likeness (QED) is 0.761. The molecule has 0 spiro atoms. The van der Waals surface area contributed by atoms with E-state index in [0.717, 1.165) is 4.47 Å². The summed E-state index contributed by atoms with van der Waals surface area (Å²) < 4.78 is 10.9. The van der Waals surface area contributed by atoms with Crippen LogP contribution in [0.5, 0.6) is 11.5 Å². The van der Waals surface area contributed by atoms with Crippen LogP contribution in [0, 0.1) is 0 Å². The Kier molecular flexibility index (Phi) is 3.76. The van der Waals surface area contributed by atoms with Crippen molar-refractivity contribution in [3.05, 3.63) is 22.7 Å². The van der Waals surface area contributed by atoms with Crippen molar-refractivity contribution in [2.45, 2.75) is 0 Å². The van der Waals surface area contributed by atoms with Gasteiger partial charge in [0, 0.05) is 6.07 Å². The highest BCUT2D eigenvalue weighted by Crippen LogP contribution is 2.28. The molecule has 0 N–H and O–H groups in total. The Morgan fingerprint density at radius 2 is 2.31 bits per heavy atom. The standard InChI is InChI=1S/C9H9BrO3/c1-12-7-2-3-8(10)9(6-7)13-5-4-11/h2-4,6H,5H2,1H3. The van der Waals surface area contributed by atoms with E-state index < -0.39 is 0 Å². The van der Waals surface area contributed by atoms with Crippen molar-refractivity contribution in [2.75, 3.05) is 13.7 Å². The molecule has 0 aromatic heterocycles. The minimum atomic E-state index is 0.0474. The average Bonchev–Trinajstić information content (AvgIpc) is 2.17. The van der Waals surface area contributed by atoms with Gasteiger partial charge in [-0.1, -0.05) is 0 Å². The minimum Gasteiger partial charge on any atom is -0.497 e. The molecule has 0 amide bonds. The van der Waals surface area contributed by atoms with Crippen molar-refractivity contribution in [3.8, 4) is 11.5 Å². The van der Waals surface area contributed by atoms with E-state index in [4.69, 9.17) is 9.47 Å². The second-order valence-electron chi connectivity index (χ2n) is 2.27. The maximum atomic E-state index is 10.1. The Bertz CT molecular complexity index is 299. The number of aldehydes is 1. The number of benzene rings is 1. The fourth-order valence-electron chi connectivity index (χ4n) is 0.845. The third kappa shape index (κ3) is 2.73. The van der Waals surface area contributed by atoms with E-state index in [2.05, 4.69) is 15.9 Å². The third-order valence-corrected chi connectivity index (χ3v) is 2.10. The Morgan fingerprint density at radius 3 is 2.92 bits per heavy atom. The van der Waals surface area contributed by atoms with Crippen molar-refractivity contribution in [1.29, 1.82) is 0 Å². The number of halogens is 1. The SMILES string of the molecule is COc1ccc(Br)c(OCC=O)c1. The fraction of sp³-hybridized carbons (Fsp3) is 0.222. The summed E-state index contributed by atoms with van der Waals surface area (Å²) in [5.74, 6) is 1.30. The zero-order valence-electron chi connectivity index (χ0n) is 7.12. The van der Waals surface area contributed by atoms with E-state index in [1.165, 1.54) is 0 Å².